The molecule has 8 aromatic rings. The van der Waals surface area contributed by atoms with Crippen molar-refractivity contribution in [2.24, 2.45) is 11.8 Å². The van der Waals surface area contributed by atoms with Gasteiger partial charge in [-0.15, -0.1) is 0 Å². The maximum atomic E-state index is 13.2. The van der Waals surface area contributed by atoms with Crippen LogP contribution in [0.3, 0.4) is 0 Å². The molecule has 5 heteroatoms. The number of nitrogens with zero attached hydrogens (tertiary/aromatic N) is 3. The van der Waals surface area contributed by atoms with E-state index in [1.165, 1.54) is 47.9 Å². The molecule has 1 heterocycles. The molecule has 1 aromatic heterocycles. The van der Waals surface area contributed by atoms with E-state index in [9.17, 15) is 4.57 Å². The maximum Gasteiger partial charge on any atom is 0.164 e. The summed E-state index contributed by atoms with van der Waals surface area (Å²) in [4.78, 5) is 15.3. The van der Waals surface area contributed by atoms with Crippen molar-refractivity contribution in [1.82, 2.24) is 15.0 Å². The standard InChI is InChI=1S/C52H44N3OP/c1-57(2,56)48-32-31-44(45-18-10-11-19-46(45)48)37-22-27-40(28-23-37)52(34-35-21-26-42(52)33-35)41-29-24-39(25-30-41)50-53-49(38-15-7-4-8-16-38)54-51(55-50)47-20-12-9-17-43(47)36-13-5-3-6-14-36/h3-20,22-25,27-32,35,42H,21,26,33-34H2,1-2H3. The highest BCUT2D eigenvalue weighted by Crippen LogP contribution is 2.60. The highest BCUT2D eigenvalue weighted by atomic mass is 31.2. The van der Waals surface area contributed by atoms with Crippen LogP contribution in [-0.4, -0.2) is 28.3 Å². The normalized spacial score (nSPS) is 18.9. The average Bonchev–Trinajstić information content (AvgIpc) is 3.89. The average molecular weight is 758 g/mol. The fraction of sp³-hybridized carbons (Fsp3) is 0.173. The lowest BCUT2D eigenvalue weighted by Gasteiger charge is -2.39. The fourth-order valence-corrected chi connectivity index (χ4v) is 11.2. The number of hydrogen-bond donors (Lipinski definition) is 0. The summed E-state index contributed by atoms with van der Waals surface area (Å²) in [5.74, 6) is 3.33. The summed E-state index contributed by atoms with van der Waals surface area (Å²) in [5, 5.41) is 3.18. The first-order valence-corrected chi connectivity index (χ1v) is 22.7. The summed E-state index contributed by atoms with van der Waals surface area (Å²) < 4.78 is 13.2. The molecule has 278 valence electrons. The molecule has 2 aliphatic carbocycles. The van der Waals surface area contributed by atoms with Crippen LogP contribution in [0.1, 0.15) is 36.8 Å². The van der Waals surface area contributed by atoms with Gasteiger partial charge in [-0.25, -0.2) is 15.0 Å². The Morgan fingerprint density at radius 3 is 1.58 bits per heavy atom. The third-order valence-corrected chi connectivity index (χ3v) is 14.2. The van der Waals surface area contributed by atoms with Gasteiger partial charge in [0.05, 0.1) is 0 Å². The zero-order chi connectivity index (χ0) is 38.6. The summed E-state index contributed by atoms with van der Waals surface area (Å²) in [5.41, 5.74) is 10.2. The predicted octanol–water partition coefficient (Wildman–Crippen LogP) is 12.7. The van der Waals surface area contributed by atoms with Gasteiger partial charge >= 0.3 is 0 Å². The number of fused-ring (bicyclic) bond motifs is 3. The van der Waals surface area contributed by atoms with Gasteiger partial charge in [-0.05, 0) is 88.6 Å². The Hall–Kier alpha value is -5.96. The van der Waals surface area contributed by atoms with Crippen molar-refractivity contribution in [1.29, 1.82) is 0 Å². The highest BCUT2D eigenvalue weighted by Gasteiger charge is 2.52. The van der Waals surface area contributed by atoms with Crippen LogP contribution < -0.4 is 5.30 Å². The van der Waals surface area contributed by atoms with E-state index in [-0.39, 0.29) is 5.41 Å². The molecule has 7 aromatic carbocycles. The molecule has 0 amide bonds. The van der Waals surface area contributed by atoms with Crippen molar-refractivity contribution in [3.8, 4) is 56.4 Å². The molecule has 0 N–H and O–H groups in total. The largest absolute Gasteiger partial charge is 0.319 e. The lowest BCUT2D eigenvalue weighted by atomic mass is 9.64. The topological polar surface area (TPSA) is 55.7 Å². The van der Waals surface area contributed by atoms with Crippen LogP contribution in [0.25, 0.3) is 67.2 Å². The molecule has 4 nitrogen and oxygen atoms in total. The van der Waals surface area contributed by atoms with Crippen molar-refractivity contribution in [3.05, 3.63) is 181 Å². The van der Waals surface area contributed by atoms with E-state index < -0.39 is 7.14 Å². The van der Waals surface area contributed by atoms with Gasteiger partial charge in [0.15, 0.2) is 17.5 Å². The summed E-state index contributed by atoms with van der Waals surface area (Å²) in [6.45, 7) is 3.72. The summed E-state index contributed by atoms with van der Waals surface area (Å²) in [6.07, 6.45) is 5.02. The Labute approximate surface area is 335 Å². The first kappa shape index (κ1) is 35.5. The molecule has 3 unspecified atom stereocenters. The monoisotopic (exact) mass is 757 g/mol. The van der Waals surface area contributed by atoms with Crippen molar-refractivity contribution in [3.63, 3.8) is 0 Å². The second kappa shape index (κ2) is 14.2. The van der Waals surface area contributed by atoms with Gasteiger partial charge in [0, 0.05) is 27.4 Å². The summed E-state index contributed by atoms with van der Waals surface area (Å²) in [6, 6.07) is 60.2. The van der Waals surface area contributed by atoms with Crippen molar-refractivity contribution in [2.75, 3.05) is 13.3 Å². The molecule has 2 aliphatic rings. The second-order valence-electron chi connectivity index (χ2n) is 16.3. The molecular formula is C52H44N3OP. The SMILES string of the molecule is CP(C)(=O)c1ccc(-c2ccc(C3(c4ccc(-c5nc(-c6ccccc6)nc(-c6ccccc6-c6ccccc6)n5)cc4)CC4CCC3C4)cc2)c2ccccc12. The van der Waals surface area contributed by atoms with E-state index in [2.05, 4.69) is 140 Å². The Balaban J connectivity index is 1.04. The quantitative estimate of drug-likeness (QED) is 0.145. The smallest absolute Gasteiger partial charge is 0.164 e. The number of aromatic nitrogens is 3. The molecule has 0 aliphatic heterocycles. The van der Waals surface area contributed by atoms with Crippen LogP contribution >= 0.6 is 7.14 Å². The predicted molar refractivity (Wildman–Crippen MR) is 236 cm³/mol. The molecule has 2 saturated carbocycles. The molecule has 3 atom stereocenters. The van der Waals surface area contributed by atoms with Gasteiger partial charge in [-0.1, -0.05) is 176 Å². The Morgan fingerprint density at radius 2 is 0.982 bits per heavy atom. The van der Waals surface area contributed by atoms with Crippen LogP contribution in [0.2, 0.25) is 0 Å². The van der Waals surface area contributed by atoms with Crippen molar-refractivity contribution in [2.45, 2.75) is 31.1 Å². The third kappa shape index (κ3) is 6.33. The van der Waals surface area contributed by atoms with Crippen molar-refractivity contribution >= 4 is 23.2 Å². The van der Waals surface area contributed by atoms with Crippen LogP contribution in [0.5, 0.6) is 0 Å². The number of rotatable bonds is 8. The van der Waals surface area contributed by atoms with E-state index in [0.29, 0.717) is 23.4 Å². The zero-order valence-electron chi connectivity index (χ0n) is 32.3. The van der Waals surface area contributed by atoms with Crippen LogP contribution in [0.4, 0.5) is 0 Å². The third-order valence-electron chi connectivity index (χ3n) is 12.6. The molecule has 57 heavy (non-hydrogen) atoms. The van der Waals surface area contributed by atoms with Crippen LogP contribution in [0, 0.1) is 11.8 Å². The lowest BCUT2D eigenvalue weighted by molar-refractivity contribution is 0.320. The van der Waals surface area contributed by atoms with Gasteiger partial charge < -0.3 is 4.57 Å². The zero-order valence-corrected chi connectivity index (χ0v) is 33.2. The Kier molecular flexibility index (Phi) is 8.84. The molecule has 2 fully saturated rings. The Morgan fingerprint density at radius 1 is 0.474 bits per heavy atom. The minimum Gasteiger partial charge on any atom is -0.319 e. The van der Waals surface area contributed by atoms with E-state index >= 15 is 0 Å². The van der Waals surface area contributed by atoms with Gasteiger partial charge in [0.25, 0.3) is 0 Å². The molecule has 0 spiro atoms. The summed E-state index contributed by atoms with van der Waals surface area (Å²) >= 11 is 0. The minimum atomic E-state index is -2.43. The molecule has 0 radical (unpaired) electrons. The minimum absolute atomic E-state index is 0.0446. The van der Waals surface area contributed by atoms with Crippen LogP contribution in [-0.2, 0) is 9.98 Å². The van der Waals surface area contributed by atoms with Crippen molar-refractivity contribution < 1.29 is 4.57 Å². The van der Waals surface area contributed by atoms with Gasteiger partial charge in [0.1, 0.15) is 7.14 Å². The molecule has 10 rings (SSSR count). The maximum absolute atomic E-state index is 13.2. The number of hydrogen-bond acceptors (Lipinski definition) is 4. The molecular weight excluding hydrogens is 714 g/mol. The lowest BCUT2D eigenvalue weighted by Crippen LogP contribution is -2.34. The summed E-state index contributed by atoms with van der Waals surface area (Å²) in [7, 11) is -2.43. The van der Waals surface area contributed by atoms with E-state index in [4.69, 9.17) is 15.0 Å². The van der Waals surface area contributed by atoms with E-state index in [1.807, 2.05) is 43.7 Å². The molecule has 0 saturated heterocycles. The highest BCUT2D eigenvalue weighted by molar-refractivity contribution is 7.70. The first-order chi connectivity index (χ1) is 27.8. The second-order valence-corrected chi connectivity index (χ2v) is 19.5. The molecule has 2 bridgehead atoms. The van der Waals surface area contributed by atoms with Gasteiger partial charge in [-0.2, -0.15) is 0 Å². The van der Waals surface area contributed by atoms with Crippen LogP contribution in [0.15, 0.2) is 170 Å². The fourth-order valence-electron chi connectivity index (χ4n) is 9.96. The number of benzene rings is 7. The first-order valence-electron chi connectivity index (χ1n) is 20.1. The van der Waals surface area contributed by atoms with E-state index in [0.717, 1.165) is 49.8 Å². The van der Waals surface area contributed by atoms with Gasteiger partial charge in [0.2, 0.25) is 0 Å². The van der Waals surface area contributed by atoms with Gasteiger partial charge in [-0.3, -0.25) is 0 Å². The Bertz CT molecular complexity index is 2800. The van der Waals surface area contributed by atoms with E-state index in [1.54, 1.807) is 0 Å².